The minimum atomic E-state index is 0.183. The number of ether oxygens (including phenoxy) is 1. The first kappa shape index (κ1) is 14.6. The Hall–Kier alpha value is -1.80. The molecule has 0 saturated heterocycles. The quantitative estimate of drug-likeness (QED) is 0.871. The summed E-state index contributed by atoms with van der Waals surface area (Å²) < 4.78 is 5.24. The second-order valence-corrected chi connectivity index (χ2v) is 5.34. The third kappa shape index (κ3) is 4.39. The van der Waals surface area contributed by atoms with Crippen LogP contribution in [-0.4, -0.2) is 13.2 Å². The lowest BCUT2D eigenvalue weighted by molar-refractivity contribution is 0.414. The van der Waals surface area contributed by atoms with E-state index in [9.17, 15) is 0 Å². The molecular formula is C18H23NO. The van der Waals surface area contributed by atoms with Gasteiger partial charge in [-0.1, -0.05) is 42.0 Å². The van der Waals surface area contributed by atoms with Crippen LogP contribution in [0.15, 0.2) is 48.5 Å². The maximum atomic E-state index is 6.24. The minimum Gasteiger partial charge on any atom is -0.497 e. The first-order chi connectivity index (χ1) is 9.67. The average molecular weight is 269 g/mol. The first-order valence-electron chi connectivity index (χ1n) is 7.11. The second kappa shape index (κ2) is 7.11. The fourth-order valence-electron chi connectivity index (χ4n) is 2.42. The molecule has 2 N–H and O–H groups in total. The van der Waals surface area contributed by atoms with E-state index in [1.165, 1.54) is 16.7 Å². The molecule has 2 nitrogen and oxygen atoms in total. The van der Waals surface area contributed by atoms with Crippen molar-refractivity contribution in [3.8, 4) is 5.75 Å². The van der Waals surface area contributed by atoms with E-state index in [2.05, 4.69) is 43.3 Å². The van der Waals surface area contributed by atoms with Gasteiger partial charge >= 0.3 is 0 Å². The first-order valence-corrected chi connectivity index (χ1v) is 7.11. The predicted molar refractivity (Wildman–Crippen MR) is 84.2 cm³/mol. The van der Waals surface area contributed by atoms with E-state index in [1.807, 2.05) is 12.1 Å². The number of nitrogens with two attached hydrogens (primary N) is 1. The molecule has 0 saturated carbocycles. The van der Waals surface area contributed by atoms with Gasteiger partial charge in [0.25, 0.3) is 0 Å². The lowest BCUT2D eigenvalue weighted by Crippen LogP contribution is -2.23. The lowest BCUT2D eigenvalue weighted by atomic mass is 9.99. The van der Waals surface area contributed by atoms with Gasteiger partial charge in [0.2, 0.25) is 0 Å². The molecule has 0 amide bonds. The summed E-state index contributed by atoms with van der Waals surface area (Å²) in [5.74, 6) is 0.897. The van der Waals surface area contributed by atoms with Gasteiger partial charge in [0, 0.05) is 6.04 Å². The van der Waals surface area contributed by atoms with Crippen LogP contribution in [0.25, 0.3) is 0 Å². The van der Waals surface area contributed by atoms with Crippen molar-refractivity contribution in [2.24, 2.45) is 5.73 Å². The molecule has 1 unspecified atom stereocenters. The lowest BCUT2D eigenvalue weighted by Gasteiger charge is -2.12. The van der Waals surface area contributed by atoms with E-state index < -0.39 is 0 Å². The fourth-order valence-corrected chi connectivity index (χ4v) is 2.42. The van der Waals surface area contributed by atoms with Crippen molar-refractivity contribution in [1.82, 2.24) is 0 Å². The van der Waals surface area contributed by atoms with Gasteiger partial charge < -0.3 is 10.5 Å². The molecule has 0 spiro atoms. The SMILES string of the molecule is COc1cccc(CC(N)CCc2cccc(C)c2)c1. The van der Waals surface area contributed by atoms with Crippen molar-refractivity contribution in [2.75, 3.05) is 7.11 Å². The fraction of sp³-hybridized carbons (Fsp3) is 0.333. The van der Waals surface area contributed by atoms with Gasteiger partial charge in [0.15, 0.2) is 0 Å². The molecule has 0 bridgehead atoms. The van der Waals surface area contributed by atoms with E-state index in [1.54, 1.807) is 7.11 Å². The highest BCUT2D eigenvalue weighted by molar-refractivity contribution is 5.29. The molecule has 2 rings (SSSR count). The Morgan fingerprint density at radius 1 is 1.05 bits per heavy atom. The minimum absolute atomic E-state index is 0.183. The molecule has 0 aliphatic rings. The molecule has 0 radical (unpaired) electrons. The van der Waals surface area contributed by atoms with Crippen molar-refractivity contribution < 1.29 is 4.74 Å². The number of benzene rings is 2. The molecule has 0 aromatic heterocycles. The topological polar surface area (TPSA) is 35.2 Å². The number of rotatable bonds is 6. The van der Waals surface area contributed by atoms with E-state index in [4.69, 9.17) is 10.5 Å². The Balaban J connectivity index is 1.87. The van der Waals surface area contributed by atoms with Crippen LogP contribution in [0.3, 0.4) is 0 Å². The normalized spacial score (nSPS) is 12.2. The van der Waals surface area contributed by atoms with Crippen molar-refractivity contribution in [3.63, 3.8) is 0 Å². The molecular weight excluding hydrogens is 246 g/mol. The van der Waals surface area contributed by atoms with Gasteiger partial charge in [-0.2, -0.15) is 0 Å². The molecule has 106 valence electrons. The van der Waals surface area contributed by atoms with Crippen molar-refractivity contribution in [1.29, 1.82) is 0 Å². The summed E-state index contributed by atoms with van der Waals surface area (Å²) in [5.41, 5.74) is 10.2. The van der Waals surface area contributed by atoms with Crippen LogP contribution in [0.1, 0.15) is 23.1 Å². The predicted octanol–water partition coefficient (Wildman–Crippen LogP) is 3.51. The zero-order valence-corrected chi connectivity index (χ0v) is 12.3. The molecule has 2 aromatic carbocycles. The Bertz CT molecular complexity index is 551. The highest BCUT2D eigenvalue weighted by Gasteiger charge is 2.06. The smallest absolute Gasteiger partial charge is 0.119 e. The largest absolute Gasteiger partial charge is 0.497 e. The van der Waals surface area contributed by atoms with Crippen molar-refractivity contribution in [2.45, 2.75) is 32.2 Å². The summed E-state index contributed by atoms with van der Waals surface area (Å²) in [6, 6.07) is 17.0. The number of hydrogen-bond donors (Lipinski definition) is 1. The van der Waals surface area contributed by atoms with Gasteiger partial charge in [0.05, 0.1) is 7.11 Å². The zero-order chi connectivity index (χ0) is 14.4. The van der Waals surface area contributed by atoms with E-state index in [-0.39, 0.29) is 6.04 Å². The second-order valence-electron chi connectivity index (χ2n) is 5.34. The van der Waals surface area contributed by atoms with E-state index >= 15 is 0 Å². The zero-order valence-electron chi connectivity index (χ0n) is 12.3. The van der Waals surface area contributed by atoms with Gasteiger partial charge in [-0.15, -0.1) is 0 Å². The van der Waals surface area contributed by atoms with Crippen molar-refractivity contribution >= 4 is 0 Å². The molecule has 0 heterocycles. The van der Waals surface area contributed by atoms with Crippen molar-refractivity contribution in [3.05, 3.63) is 65.2 Å². The molecule has 2 heteroatoms. The Kier molecular flexibility index (Phi) is 5.19. The molecule has 20 heavy (non-hydrogen) atoms. The number of methoxy groups -OCH3 is 1. The van der Waals surface area contributed by atoms with Crippen LogP contribution < -0.4 is 10.5 Å². The Labute approximate surface area is 121 Å². The van der Waals surface area contributed by atoms with Crippen LogP contribution in [0, 0.1) is 6.92 Å². The molecule has 1 atom stereocenters. The molecule has 0 aliphatic heterocycles. The van der Waals surface area contributed by atoms with E-state index in [0.29, 0.717) is 0 Å². The highest BCUT2D eigenvalue weighted by Crippen LogP contribution is 2.15. The monoisotopic (exact) mass is 269 g/mol. The van der Waals surface area contributed by atoms with Crippen LogP contribution in [0.4, 0.5) is 0 Å². The van der Waals surface area contributed by atoms with Crippen LogP contribution in [0.2, 0.25) is 0 Å². The Morgan fingerprint density at radius 2 is 1.80 bits per heavy atom. The van der Waals surface area contributed by atoms with Crippen LogP contribution >= 0.6 is 0 Å². The maximum absolute atomic E-state index is 6.24. The summed E-state index contributed by atoms with van der Waals surface area (Å²) in [5, 5.41) is 0. The third-order valence-corrected chi connectivity index (χ3v) is 3.52. The van der Waals surface area contributed by atoms with Gasteiger partial charge in [-0.25, -0.2) is 0 Å². The summed E-state index contributed by atoms with van der Waals surface area (Å²) in [6.45, 7) is 2.12. The van der Waals surface area contributed by atoms with Gasteiger partial charge in [-0.05, 0) is 49.4 Å². The molecule has 0 aliphatic carbocycles. The average Bonchev–Trinajstić information content (AvgIpc) is 2.45. The summed E-state index contributed by atoms with van der Waals surface area (Å²) in [4.78, 5) is 0. The van der Waals surface area contributed by atoms with Crippen LogP contribution in [0.5, 0.6) is 5.75 Å². The number of aryl methyl sites for hydroxylation is 2. The van der Waals surface area contributed by atoms with Gasteiger partial charge in [0.1, 0.15) is 5.75 Å². The standard InChI is InChI=1S/C18H23NO/c1-14-5-3-6-15(11-14)9-10-17(19)12-16-7-4-8-18(13-16)20-2/h3-8,11,13,17H,9-10,12,19H2,1-2H3. The third-order valence-electron chi connectivity index (χ3n) is 3.52. The highest BCUT2D eigenvalue weighted by atomic mass is 16.5. The van der Waals surface area contributed by atoms with E-state index in [0.717, 1.165) is 25.0 Å². The van der Waals surface area contributed by atoms with Gasteiger partial charge in [-0.3, -0.25) is 0 Å². The molecule has 0 fully saturated rings. The number of hydrogen-bond acceptors (Lipinski definition) is 2. The summed E-state index contributed by atoms with van der Waals surface area (Å²) in [7, 11) is 1.69. The van der Waals surface area contributed by atoms with Crippen LogP contribution in [-0.2, 0) is 12.8 Å². The summed E-state index contributed by atoms with van der Waals surface area (Å²) in [6.07, 6.45) is 2.93. The summed E-state index contributed by atoms with van der Waals surface area (Å²) >= 11 is 0. The Morgan fingerprint density at radius 3 is 2.55 bits per heavy atom. The molecule has 2 aromatic rings. The maximum Gasteiger partial charge on any atom is 0.119 e.